The van der Waals surface area contributed by atoms with E-state index in [4.69, 9.17) is 0 Å². The second-order valence-electron chi connectivity index (χ2n) is 5.55. The third-order valence-electron chi connectivity index (χ3n) is 3.51. The summed E-state index contributed by atoms with van der Waals surface area (Å²) in [5, 5.41) is 3.25. The minimum atomic E-state index is -3.36. The zero-order valence-corrected chi connectivity index (χ0v) is 12.4. The van der Waals surface area contributed by atoms with E-state index < -0.39 is 10.0 Å². The monoisotopic (exact) mass is 285 g/mol. The predicted octanol–water partition coefficient (Wildman–Crippen LogP) is 1.59. The summed E-state index contributed by atoms with van der Waals surface area (Å²) in [6.07, 6.45) is 5.06. The predicted molar refractivity (Wildman–Crippen MR) is 75.3 cm³/mol. The largest absolute Gasteiger partial charge is 0.363 e. The second kappa shape index (κ2) is 6.07. The number of hydrogen-bond acceptors (Lipinski definition) is 3. The molecule has 3 N–H and O–H groups in total. The average Bonchev–Trinajstić information content (AvgIpc) is 2.73. The van der Waals surface area contributed by atoms with E-state index in [-0.39, 0.29) is 0 Å². The number of sulfonamides is 1. The van der Waals surface area contributed by atoms with E-state index in [2.05, 4.69) is 28.9 Å². The van der Waals surface area contributed by atoms with Gasteiger partial charge in [-0.15, -0.1) is 0 Å². The van der Waals surface area contributed by atoms with Crippen molar-refractivity contribution in [3.63, 3.8) is 0 Å². The van der Waals surface area contributed by atoms with Crippen LogP contribution in [0.3, 0.4) is 0 Å². The van der Waals surface area contributed by atoms with Crippen molar-refractivity contribution < 1.29 is 8.42 Å². The van der Waals surface area contributed by atoms with Crippen molar-refractivity contribution >= 4 is 10.0 Å². The maximum absolute atomic E-state index is 12.1. The van der Waals surface area contributed by atoms with Crippen LogP contribution in [0.1, 0.15) is 38.8 Å². The van der Waals surface area contributed by atoms with E-state index in [9.17, 15) is 8.42 Å². The molecule has 0 aliphatic heterocycles. The smallest absolute Gasteiger partial charge is 0.242 e. The van der Waals surface area contributed by atoms with Gasteiger partial charge >= 0.3 is 0 Å². The number of aromatic nitrogens is 1. The molecule has 0 unspecified atom stereocenters. The fraction of sp³-hybridized carbons (Fsp3) is 0.692. The van der Waals surface area contributed by atoms with E-state index in [1.165, 1.54) is 6.42 Å². The Kier molecular flexibility index (Phi) is 4.65. The molecule has 19 heavy (non-hydrogen) atoms. The summed E-state index contributed by atoms with van der Waals surface area (Å²) in [6, 6.07) is 2.07. The van der Waals surface area contributed by atoms with Gasteiger partial charge in [0.15, 0.2) is 0 Å². The van der Waals surface area contributed by atoms with Crippen LogP contribution in [-0.2, 0) is 16.6 Å². The summed E-state index contributed by atoms with van der Waals surface area (Å²) in [5.41, 5.74) is 0.887. The van der Waals surface area contributed by atoms with Crippen LogP contribution >= 0.6 is 0 Å². The molecule has 1 aliphatic carbocycles. The van der Waals surface area contributed by atoms with Crippen molar-refractivity contribution in [1.29, 1.82) is 0 Å². The molecular formula is C13H23N3O2S. The van der Waals surface area contributed by atoms with E-state index in [1.807, 2.05) is 0 Å². The van der Waals surface area contributed by atoms with Gasteiger partial charge in [-0.25, -0.2) is 13.1 Å². The lowest BCUT2D eigenvalue weighted by Crippen LogP contribution is -2.32. The Bertz CT molecular complexity index is 504. The second-order valence-corrected chi connectivity index (χ2v) is 7.31. The van der Waals surface area contributed by atoms with Gasteiger partial charge in [-0.1, -0.05) is 20.3 Å². The molecule has 0 radical (unpaired) electrons. The molecule has 0 aromatic carbocycles. The summed E-state index contributed by atoms with van der Waals surface area (Å²) in [4.78, 5) is 3.33. The van der Waals surface area contributed by atoms with Crippen molar-refractivity contribution in [3.8, 4) is 0 Å². The Morgan fingerprint density at radius 2 is 2.16 bits per heavy atom. The Balaban J connectivity index is 1.91. The SMILES string of the molecule is CC(C)NCc1cc(S(=O)(=O)NCC2CCC2)c[nH]1. The van der Waals surface area contributed by atoms with Gasteiger partial charge in [0, 0.05) is 31.0 Å². The Morgan fingerprint density at radius 1 is 1.42 bits per heavy atom. The highest BCUT2D eigenvalue weighted by Gasteiger charge is 2.21. The average molecular weight is 285 g/mol. The number of aromatic amines is 1. The van der Waals surface area contributed by atoms with Crippen LogP contribution in [0.25, 0.3) is 0 Å². The molecule has 0 atom stereocenters. The van der Waals surface area contributed by atoms with Gasteiger partial charge in [0.1, 0.15) is 0 Å². The highest BCUT2D eigenvalue weighted by atomic mass is 32.2. The molecule has 0 saturated heterocycles. The summed E-state index contributed by atoms with van der Waals surface area (Å²) in [7, 11) is -3.36. The number of nitrogens with one attached hydrogen (secondary N) is 3. The first-order chi connectivity index (χ1) is 8.97. The summed E-state index contributed by atoms with van der Waals surface area (Å²) < 4.78 is 26.8. The molecule has 0 spiro atoms. The number of rotatable bonds is 7. The Labute approximate surface area is 115 Å². The molecule has 2 rings (SSSR count). The molecule has 108 valence electrons. The zero-order valence-electron chi connectivity index (χ0n) is 11.6. The van der Waals surface area contributed by atoms with E-state index in [0.29, 0.717) is 29.9 Å². The lowest BCUT2D eigenvalue weighted by Gasteiger charge is -2.25. The van der Waals surface area contributed by atoms with Gasteiger partial charge in [0.2, 0.25) is 10.0 Å². The fourth-order valence-corrected chi connectivity index (χ4v) is 3.13. The van der Waals surface area contributed by atoms with Crippen LogP contribution in [0.15, 0.2) is 17.2 Å². The van der Waals surface area contributed by atoms with Gasteiger partial charge in [0.05, 0.1) is 4.90 Å². The van der Waals surface area contributed by atoms with Gasteiger partial charge in [-0.3, -0.25) is 0 Å². The highest BCUT2D eigenvalue weighted by Crippen LogP contribution is 2.25. The molecule has 0 amide bonds. The minimum absolute atomic E-state index is 0.326. The molecule has 6 heteroatoms. The summed E-state index contributed by atoms with van der Waals surface area (Å²) in [5.74, 6) is 0.524. The third-order valence-corrected chi connectivity index (χ3v) is 4.92. The summed E-state index contributed by atoms with van der Waals surface area (Å²) in [6.45, 7) is 5.32. The van der Waals surface area contributed by atoms with E-state index in [0.717, 1.165) is 18.5 Å². The zero-order chi connectivity index (χ0) is 13.9. The van der Waals surface area contributed by atoms with Crippen molar-refractivity contribution in [3.05, 3.63) is 18.0 Å². The topological polar surface area (TPSA) is 74.0 Å². The lowest BCUT2D eigenvalue weighted by atomic mass is 9.86. The minimum Gasteiger partial charge on any atom is -0.363 e. The molecule has 1 aliphatic rings. The van der Waals surface area contributed by atoms with Gasteiger partial charge in [0.25, 0.3) is 0 Å². The normalized spacial score (nSPS) is 16.8. The molecule has 5 nitrogen and oxygen atoms in total. The number of hydrogen-bond donors (Lipinski definition) is 3. The Morgan fingerprint density at radius 3 is 2.74 bits per heavy atom. The lowest BCUT2D eigenvalue weighted by molar-refractivity contribution is 0.316. The molecule has 1 aromatic rings. The van der Waals surface area contributed by atoms with Crippen LogP contribution in [-0.4, -0.2) is 26.0 Å². The quantitative estimate of drug-likeness (QED) is 0.712. The standard InChI is InChI=1S/C13H23N3O2S/c1-10(2)14-8-12-6-13(9-15-12)19(17,18)16-7-11-4-3-5-11/h6,9-11,14-16H,3-5,7-8H2,1-2H3. The van der Waals surface area contributed by atoms with Crippen LogP contribution in [0.4, 0.5) is 0 Å². The first-order valence-electron chi connectivity index (χ1n) is 6.88. The molecule has 1 aromatic heterocycles. The first-order valence-corrected chi connectivity index (χ1v) is 8.36. The van der Waals surface area contributed by atoms with Crippen molar-refractivity contribution in [1.82, 2.24) is 15.0 Å². The van der Waals surface area contributed by atoms with Gasteiger partial charge in [-0.2, -0.15) is 0 Å². The van der Waals surface area contributed by atoms with E-state index >= 15 is 0 Å². The maximum atomic E-state index is 12.1. The molecular weight excluding hydrogens is 262 g/mol. The van der Waals surface area contributed by atoms with Crippen molar-refractivity contribution in [2.24, 2.45) is 5.92 Å². The van der Waals surface area contributed by atoms with Gasteiger partial charge < -0.3 is 10.3 Å². The molecule has 1 fully saturated rings. The third kappa shape index (κ3) is 4.06. The van der Waals surface area contributed by atoms with Crippen molar-refractivity contribution in [2.45, 2.75) is 50.6 Å². The van der Waals surface area contributed by atoms with Crippen LogP contribution in [0.2, 0.25) is 0 Å². The first kappa shape index (κ1) is 14.6. The Hall–Kier alpha value is -0.850. The maximum Gasteiger partial charge on any atom is 0.242 e. The van der Waals surface area contributed by atoms with E-state index in [1.54, 1.807) is 12.3 Å². The van der Waals surface area contributed by atoms with Crippen molar-refractivity contribution in [2.75, 3.05) is 6.54 Å². The fourth-order valence-electron chi connectivity index (χ4n) is 2.00. The molecule has 0 bridgehead atoms. The van der Waals surface area contributed by atoms with Crippen LogP contribution < -0.4 is 10.0 Å². The number of H-pyrrole nitrogens is 1. The summed E-state index contributed by atoms with van der Waals surface area (Å²) >= 11 is 0. The van der Waals surface area contributed by atoms with Gasteiger partial charge in [-0.05, 0) is 24.8 Å². The highest BCUT2D eigenvalue weighted by molar-refractivity contribution is 7.89. The molecule has 1 saturated carbocycles. The molecule has 1 heterocycles. The van der Waals surface area contributed by atoms with Crippen LogP contribution in [0.5, 0.6) is 0 Å². The van der Waals surface area contributed by atoms with Crippen LogP contribution in [0, 0.1) is 5.92 Å².